The summed E-state index contributed by atoms with van der Waals surface area (Å²) in [7, 11) is 0. The molecule has 0 radical (unpaired) electrons. The zero-order chi connectivity index (χ0) is 16.8. The van der Waals surface area contributed by atoms with Crippen molar-refractivity contribution in [2.75, 3.05) is 26.2 Å². The summed E-state index contributed by atoms with van der Waals surface area (Å²) in [6, 6.07) is 13.2. The minimum Gasteiger partial charge on any atom is -0.493 e. The minimum absolute atomic E-state index is 0.244. The highest BCUT2D eigenvalue weighted by molar-refractivity contribution is 5.88. The number of unbranched alkanes of at least 4 members (excludes halogenated alkanes) is 1. The van der Waals surface area contributed by atoms with Gasteiger partial charge in [0, 0.05) is 12.1 Å². The number of benzene rings is 2. The fourth-order valence-corrected chi connectivity index (χ4v) is 3.75. The van der Waals surface area contributed by atoms with Crippen molar-refractivity contribution in [1.29, 1.82) is 0 Å². The van der Waals surface area contributed by atoms with Gasteiger partial charge in [-0.05, 0) is 49.2 Å². The number of hydrogen-bond donors (Lipinski definition) is 1. The van der Waals surface area contributed by atoms with E-state index in [1.54, 1.807) is 0 Å². The number of nitrogens with two attached hydrogens (primary N) is 1. The lowest BCUT2D eigenvalue weighted by Crippen LogP contribution is -2.37. The molecular formula is C21H30N2O. The fraction of sp³-hybridized carbons (Fsp3) is 0.524. The van der Waals surface area contributed by atoms with Gasteiger partial charge in [0.1, 0.15) is 5.75 Å². The fourth-order valence-electron chi connectivity index (χ4n) is 3.75. The van der Waals surface area contributed by atoms with E-state index >= 15 is 0 Å². The summed E-state index contributed by atoms with van der Waals surface area (Å²) in [5.74, 6) is 1.02. The predicted octanol–water partition coefficient (Wildman–Crippen LogP) is 4.50. The highest BCUT2D eigenvalue weighted by atomic mass is 16.5. The Balaban J connectivity index is 2.01. The molecule has 0 aliphatic carbocycles. The third kappa shape index (κ3) is 3.73. The zero-order valence-electron chi connectivity index (χ0n) is 14.8. The van der Waals surface area contributed by atoms with Crippen LogP contribution in [0.3, 0.4) is 0 Å². The lowest BCUT2D eigenvalue weighted by molar-refractivity contribution is 0.164. The number of rotatable bonds is 7. The minimum atomic E-state index is 0.244. The van der Waals surface area contributed by atoms with Crippen LogP contribution in [0.1, 0.15) is 50.6 Å². The molecule has 1 unspecified atom stereocenters. The summed E-state index contributed by atoms with van der Waals surface area (Å²) in [6.07, 6.45) is 6.11. The van der Waals surface area contributed by atoms with Gasteiger partial charge < -0.3 is 10.5 Å². The number of ether oxygens (including phenoxy) is 1. The lowest BCUT2D eigenvalue weighted by atomic mass is 9.95. The molecule has 2 aromatic rings. The standard InChI is InChI=1S/C21H30N2O/c1-2-3-15-24-20-12-11-17-9-5-6-10-18(17)21(20)19(16-22)23-13-7-4-8-14-23/h5-6,9-12,19H,2-4,7-8,13-16,22H2,1H3. The molecule has 1 atom stereocenters. The SMILES string of the molecule is CCCCOc1ccc2ccccc2c1C(CN)N1CCCCC1. The summed E-state index contributed by atoms with van der Waals surface area (Å²) >= 11 is 0. The molecule has 0 saturated carbocycles. The summed E-state index contributed by atoms with van der Waals surface area (Å²) in [4.78, 5) is 2.55. The quantitative estimate of drug-likeness (QED) is 0.761. The molecule has 1 heterocycles. The normalized spacial score (nSPS) is 17.1. The van der Waals surface area contributed by atoms with Gasteiger partial charge in [-0.25, -0.2) is 0 Å². The molecule has 3 nitrogen and oxygen atoms in total. The molecular weight excluding hydrogens is 296 g/mol. The van der Waals surface area contributed by atoms with Crippen LogP contribution in [-0.2, 0) is 0 Å². The van der Waals surface area contributed by atoms with Gasteiger partial charge in [0.15, 0.2) is 0 Å². The van der Waals surface area contributed by atoms with E-state index in [1.807, 2.05) is 0 Å². The second-order valence-corrected chi connectivity index (χ2v) is 6.75. The number of piperidine rings is 1. The smallest absolute Gasteiger partial charge is 0.124 e. The van der Waals surface area contributed by atoms with Crippen LogP contribution in [-0.4, -0.2) is 31.1 Å². The van der Waals surface area contributed by atoms with Crippen molar-refractivity contribution in [2.24, 2.45) is 5.73 Å². The Labute approximate surface area is 145 Å². The molecule has 0 aromatic heterocycles. The summed E-state index contributed by atoms with van der Waals surface area (Å²) in [6.45, 7) is 5.89. The number of fused-ring (bicyclic) bond motifs is 1. The van der Waals surface area contributed by atoms with E-state index in [0.29, 0.717) is 6.54 Å². The maximum absolute atomic E-state index is 6.25. The van der Waals surface area contributed by atoms with Crippen molar-refractivity contribution in [3.8, 4) is 5.75 Å². The Hall–Kier alpha value is -1.58. The second kappa shape index (κ2) is 8.50. The average Bonchev–Trinajstić information content (AvgIpc) is 2.64. The van der Waals surface area contributed by atoms with Crippen LogP contribution in [0.25, 0.3) is 10.8 Å². The molecule has 3 heteroatoms. The summed E-state index contributed by atoms with van der Waals surface area (Å²) < 4.78 is 6.18. The Morgan fingerprint density at radius 1 is 1.08 bits per heavy atom. The van der Waals surface area contributed by atoms with Crippen LogP contribution < -0.4 is 10.5 Å². The van der Waals surface area contributed by atoms with Crippen LogP contribution in [0.15, 0.2) is 36.4 Å². The molecule has 2 aromatic carbocycles. The first kappa shape index (κ1) is 17.2. The van der Waals surface area contributed by atoms with Gasteiger partial charge in [-0.2, -0.15) is 0 Å². The molecule has 0 bridgehead atoms. The number of nitrogens with zero attached hydrogens (tertiary/aromatic N) is 1. The highest BCUT2D eigenvalue weighted by Gasteiger charge is 2.25. The van der Waals surface area contributed by atoms with Crippen LogP contribution >= 0.6 is 0 Å². The number of likely N-dealkylation sites (tertiary alicyclic amines) is 1. The van der Waals surface area contributed by atoms with Crippen LogP contribution in [0.5, 0.6) is 5.75 Å². The summed E-state index contributed by atoms with van der Waals surface area (Å²) in [5, 5.41) is 2.55. The summed E-state index contributed by atoms with van der Waals surface area (Å²) in [5.41, 5.74) is 7.54. The van der Waals surface area contributed by atoms with Crippen molar-refractivity contribution in [3.05, 3.63) is 42.0 Å². The van der Waals surface area contributed by atoms with E-state index in [4.69, 9.17) is 10.5 Å². The van der Waals surface area contributed by atoms with Crippen molar-refractivity contribution < 1.29 is 4.74 Å². The van der Waals surface area contributed by atoms with Gasteiger partial charge in [0.25, 0.3) is 0 Å². The molecule has 130 valence electrons. The van der Waals surface area contributed by atoms with E-state index in [0.717, 1.165) is 38.3 Å². The van der Waals surface area contributed by atoms with E-state index in [-0.39, 0.29) is 6.04 Å². The van der Waals surface area contributed by atoms with E-state index in [1.165, 1.54) is 35.6 Å². The third-order valence-corrected chi connectivity index (χ3v) is 5.07. The first-order valence-electron chi connectivity index (χ1n) is 9.43. The van der Waals surface area contributed by atoms with Gasteiger partial charge in [-0.1, -0.05) is 50.1 Å². The van der Waals surface area contributed by atoms with Gasteiger partial charge in [0.2, 0.25) is 0 Å². The Kier molecular flexibility index (Phi) is 6.11. The zero-order valence-corrected chi connectivity index (χ0v) is 14.8. The molecule has 0 amide bonds. The van der Waals surface area contributed by atoms with Crippen molar-refractivity contribution in [3.63, 3.8) is 0 Å². The molecule has 1 fully saturated rings. The van der Waals surface area contributed by atoms with Crippen LogP contribution in [0, 0.1) is 0 Å². The largest absolute Gasteiger partial charge is 0.493 e. The third-order valence-electron chi connectivity index (χ3n) is 5.07. The number of hydrogen-bond acceptors (Lipinski definition) is 3. The monoisotopic (exact) mass is 326 g/mol. The maximum Gasteiger partial charge on any atom is 0.124 e. The molecule has 1 saturated heterocycles. The van der Waals surface area contributed by atoms with Gasteiger partial charge in [-0.3, -0.25) is 4.90 Å². The van der Waals surface area contributed by atoms with Gasteiger partial charge in [0.05, 0.1) is 12.6 Å². The molecule has 2 N–H and O–H groups in total. The predicted molar refractivity (Wildman–Crippen MR) is 102 cm³/mol. The van der Waals surface area contributed by atoms with E-state index in [9.17, 15) is 0 Å². The van der Waals surface area contributed by atoms with Gasteiger partial charge >= 0.3 is 0 Å². The van der Waals surface area contributed by atoms with Crippen LogP contribution in [0.4, 0.5) is 0 Å². The van der Waals surface area contributed by atoms with Crippen molar-refractivity contribution in [1.82, 2.24) is 4.90 Å². The van der Waals surface area contributed by atoms with E-state index < -0.39 is 0 Å². The van der Waals surface area contributed by atoms with Crippen LogP contribution in [0.2, 0.25) is 0 Å². The molecule has 1 aliphatic rings. The molecule has 0 spiro atoms. The van der Waals surface area contributed by atoms with Crippen molar-refractivity contribution >= 4 is 10.8 Å². The molecule has 1 aliphatic heterocycles. The van der Waals surface area contributed by atoms with Gasteiger partial charge in [-0.15, -0.1) is 0 Å². The topological polar surface area (TPSA) is 38.5 Å². The first-order valence-corrected chi connectivity index (χ1v) is 9.43. The second-order valence-electron chi connectivity index (χ2n) is 6.75. The lowest BCUT2D eigenvalue weighted by Gasteiger charge is -2.35. The Morgan fingerprint density at radius 3 is 2.62 bits per heavy atom. The Morgan fingerprint density at radius 2 is 1.88 bits per heavy atom. The Bertz CT molecular complexity index is 649. The highest BCUT2D eigenvalue weighted by Crippen LogP contribution is 2.36. The average molecular weight is 326 g/mol. The first-order chi connectivity index (χ1) is 11.8. The van der Waals surface area contributed by atoms with E-state index in [2.05, 4.69) is 48.2 Å². The molecule has 3 rings (SSSR count). The molecule has 24 heavy (non-hydrogen) atoms. The maximum atomic E-state index is 6.25. The van der Waals surface area contributed by atoms with Crippen molar-refractivity contribution in [2.45, 2.75) is 45.1 Å².